The van der Waals surface area contributed by atoms with E-state index in [4.69, 9.17) is 0 Å². The first-order chi connectivity index (χ1) is 4.75. The molecule has 10 heavy (non-hydrogen) atoms. The van der Waals surface area contributed by atoms with Crippen molar-refractivity contribution in [1.29, 1.82) is 0 Å². The van der Waals surface area contributed by atoms with E-state index in [1.165, 1.54) is 0 Å². The number of aromatic nitrogens is 4. The van der Waals surface area contributed by atoms with E-state index >= 15 is 0 Å². The molecular formula is C4H8N4S2. The summed E-state index contributed by atoms with van der Waals surface area (Å²) in [5.41, 5.74) is 0. The molecule has 0 aromatic carbocycles. The van der Waals surface area contributed by atoms with Gasteiger partial charge in [-0.15, -0.1) is 5.10 Å². The Morgan fingerprint density at radius 1 is 1.70 bits per heavy atom. The van der Waals surface area contributed by atoms with Crippen molar-refractivity contribution in [3.63, 3.8) is 0 Å². The molecule has 0 saturated carbocycles. The van der Waals surface area contributed by atoms with Crippen LogP contribution in [0, 0.1) is 0 Å². The van der Waals surface area contributed by atoms with Gasteiger partial charge in [0.15, 0.2) is 5.82 Å². The Balaban J connectivity index is 2.82. The summed E-state index contributed by atoms with van der Waals surface area (Å²) in [6.45, 7) is 0. The summed E-state index contributed by atoms with van der Waals surface area (Å²) in [7, 11) is 1.78. The molecule has 0 saturated heterocycles. The molecule has 56 valence electrons. The normalized spacial score (nSPS) is 13.5. The van der Waals surface area contributed by atoms with Gasteiger partial charge in [0.05, 0.1) is 5.25 Å². The number of tetrazole rings is 1. The zero-order valence-corrected chi connectivity index (χ0v) is 7.26. The van der Waals surface area contributed by atoms with Crippen molar-refractivity contribution in [2.75, 3.05) is 5.75 Å². The molecule has 0 aliphatic heterocycles. The van der Waals surface area contributed by atoms with E-state index in [0.29, 0.717) is 5.75 Å². The molecule has 1 aromatic rings. The second-order valence-corrected chi connectivity index (χ2v) is 2.85. The van der Waals surface area contributed by atoms with Crippen molar-refractivity contribution >= 4 is 25.3 Å². The maximum atomic E-state index is 4.22. The summed E-state index contributed by atoms with van der Waals surface area (Å²) in [6, 6.07) is 0. The Labute approximate surface area is 69.8 Å². The smallest absolute Gasteiger partial charge is 0.164 e. The molecular weight excluding hydrogens is 168 g/mol. The molecule has 0 amide bonds. The summed E-state index contributed by atoms with van der Waals surface area (Å²) >= 11 is 8.28. The number of aryl methyl sites for hydroxylation is 1. The zero-order valence-electron chi connectivity index (χ0n) is 5.47. The van der Waals surface area contributed by atoms with Gasteiger partial charge in [0, 0.05) is 12.8 Å². The van der Waals surface area contributed by atoms with Gasteiger partial charge in [0.25, 0.3) is 0 Å². The van der Waals surface area contributed by atoms with Crippen LogP contribution < -0.4 is 0 Å². The molecule has 0 aliphatic rings. The molecule has 6 heteroatoms. The van der Waals surface area contributed by atoms with E-state index in [2.05, 4.69) is 40.8 Å². The monoisotopic (exact) mass is 176 g/mol. The van der Waals surface area contributed by atoms with Crippen LogP contribution in [0.3, 0.4) is 0 Å². The lowest BCUT2D eigenvalue weighted by Crippen LogP contribution is -2.03. The molecule has 1 rings (SSSR count). The van der Waals surface area contributed by atoms with Gasteiger partial charge in [-0.25, -0.2) is 4.68 Å². The van der Waals surface area contributed by atoms with E-state index in [0.717, 1.165) is 5.82 Å². The average molecular weight is 176 g/mol. The minimum Gasteiger partial charge on any atom is -0.232 e. The highest BCUT2D eigenvalue weighted by molar-refractivity contribution is 7.84. The summed E-state index contributed by atoms with van der Waals surface area (Å²) in [5, 5.41) is 10.9. The summed E-state index contributed by atoms with van der Waals surface area (Å²) in [5.74, 6) is 1.38. The van der Waals surface area contributed by atoms with Crippen molar-refractivity contribution in [2.45, 2.75) is 5.25 Å². The molecule has 0 bridgehead atoms. The summed E-state index contributed by atoms with van der Waals surface area (Å²) in [6.07, 6.45) is 0. The lowest BCUT2D eigenvalue weighted by Gasteiger charge is -2.02. The number of hydrogen-bond donors (Lipinski definition) is 2. The second kappa shape index (κ2) is 3.25. The average Bonchev–Trinajstić information content (AvgIpc) is 2.34. The van der Waals surface area contributed by atoms with Gasteiger partial charge in [0.2, 0.25) is 0 Å². The lowest BCUT2D eigenvalue weighted by molar-refractivity contribution is 0.681. The Bertz CT molecular complexity index is 211. The van der Waals surface area contributed by atoms with Crippen LogP contribution in [0.4, 0.5) is 0 Å². The van der Waals surface area contributed by atoms with Crippen molar-refractivity contribution in [3.8, 4) is 0 Å². The number of rotatable bonds is 2. The fraction of sp³-hybridized carbons (Fsp3) is 0.750. The Hall–Kier alpha value is -0.230. The fourth-order valence-corrected chi connectivity index (χ4v) is 0.982. The highest BCUT2D eigenvalue weighted by Crippen LogP contribution is 2.16. The van der Waals surface area contributed by atoms with Crippen LogP contribution in [0.1, 0.15) is 11.1 Å². The van der Waals surface area contributed by atoms with Crippen LogP contribution in [-0.2, 0) is 7.05 Å². The maximum absolute atomic E-state index is 4.22. The molecule has 0 spiro atoms. The molecule has 1 aromatic heterocycles. The van der Waals surface area contributed by atoms with E-state index in [9.17, 15) is 0 Å². The molecule has 1 heterocycles. The SMILES string of the molecule is Cn1nnnc1C(S)CS. The largest absolute Gasteiger partial charge is 0.232 e. The Morgan fingerprint density at radius 3 is 2.80 bits per heavy atom. The van der Waals surface area contributed by atoms with Crippen molar-refractivity contribution < 1.29 is 0 Å². The van der Waals surface area contributed by atoms with Crippen LogP contribution in [0.2, 0.25) is 0 Å². The molecule has 0 radical (unpaired) electrons. The van der Waals surface area contributed by atoms with Crippen LogP contribution in [0.5, 0.6) is 0 Å². The van der Waals surface area contributed by atoms with Crippen LogP contribution >= 0.6 is 25.3 Å². The Kier molecular flexibility index (Phi) is 2.56. The minimum atomic E-state index is 0.0170. The highest BCUT2D eigenvalue weighted by atomic mass is 32.1. The third-order valence-electron chi connectivity index (χ3n) is 1.12. The maximum Gasteiger partial charge on any atom is 0.164 e. The minimum absolute atomic E-state index is 0.0170. The van der Waals surface area contributed by atoms with Gasteiger partial charge in [-0.2, -0.15) is 25.3 Å². The lowest BCUT2D eigenvalue weighted by atomic mass is 10.4. The quantitative estimate of drug-likeness (QED) is 0.629. The van der Waals surface area contributed by atoms with Gasteiger partial charge in [-0.05, 0) is 10.4 Å². The molecule has 0 aliphatic carbocycles. The van der Waals surface area contributed by atoms with E-state index in [1.54, 1.807) is 11.7 Å². The first-order valence-corrected chi connectivity index (χ1v) is 3.91. The first kappa shape index (κ1) is 7.87. The number of nitrogens with zero attached hydrogens (tertiary/aromatic N) is 4. The fourth-order valence-electron chi connectivity index (χ4n) is 0.600. The molecule has 1 atom stereocenters. The number of thiol groups is 2. The highest BCUT2D eigenvalue weighted by Gasteiger charge is 2.10. The van der Waals surface area contributed by atoms with Crippen LogP contribution in [-0.4, -0.2) is 26.0 Å². The van der Waals surface area contributed by atoms with E-state index in [1.807, 2.05) is 0 Å². The zero-order chi connectivity index (χ0) is 7.56. The summed E-state index contributed by atoms with van der Waals surface area (Å²) in [4.78, 5) is 0. The van der Waals surface area contributed by atoms with Crippen molar-refractivity contribution in [1.82, 2.24) is 20.2 Å². The predicted octanol–water partition coefficient (Wildman–Crippen LogP) is 0.111. The number of hydrogen-bond acceptors (Lipinski definition) is 5. The topological polar surface area (TPSA) is 43.6 Å². The van der Waals surface area contributed by atoms with Crippen molar-refractivity contribution in [2.24, 2.45) is 7.05 Å². The molecule has 0 fully saturated rings. The Morgan fingerprint density at radius 2 is 2.40 bits per heavy atom. The molecule has 1 unspecified atom stereocenters. The predicted molar refractivity (Wildman–Crippen MR) is 44.4 cm³/mol. The van der Waals surface area contributed by atoms with Crippen LogP contribution in [0.25, 0.3) is 0 Å². The van der Waals surface area contributed by atoms with Gasteiger partial charge < -0.3 is 0 Å². The summed E-state index contributed by atoms with van der Waals surface area (Å²) < 4.78 is 1.59. The molecule has 0 N–H and O–H groups in total. The van der Waals surface area contributed by atoms with E-state index < -0.39 is 0 Å². The van der Waals surface area contributed by atoms with Gasteiger partial charge in [0.1, 0.15) is 0 Å². The third kappa shape index (κ3) is 1.43. The first-order valence-electron chi connectivity index (χ1n) is 2.77. The molecule has 4 nitrogen and oxygen atoms in total. The van der Waals surface area contributed by atoms with Gasteiger partial charge >= 0.3 is 0 Å². The van der Waals surface area contributed by atoms with Gasteiger partial charge in [-0.3, -0.25) is 0 Å². The van der Waals surface area contributed by atoms with Crippen LogP contribution in [0.15, 0.2) is 0 Å². The van der Waals surface area contributed by atoms with E-state index in [-0.39, 0.29) is 5.25 Å². The second-order valence-electron chi connectivity index (χ2n) is 1.86. The van der Waals surface area contributed by atoms with Crippen molar-refractivity contribution in [3.05, 3.63) is 5.82 Å². The standard InChI is InChI=1S/C4H8N4S2/c1-8-4(3(10)2-9)5-6-7-8/h3,9-10H,2H2,1H3. The van der Waals surface area contributed by atoms with Gasteiger partial charge in [-0.1, -0.05) is 0 Å². The third-order valence-corrected chi connectivity index (χ3v) is 2.19.